The van der Waals surface area contributed by atoms with Gasteiger partial charge in [0, 0.05) is 22.7 Å². The summed E-state index contributed by atoms with van der Waals surface area (Å²) in [5, 5.41) is 26.0. The summed E-state index contributed by atoms with van der Waals surface area (Å²) in [6.07, 6.45) is -0.608. The fourth-order valence-corrected chi connectivity index (χ4v) is 3.58. The zero-order valence-electron chi connectivity index (χ0n) is 20.7. The lowest BCUT2D eigenvalue weighted by molar-refractivity contribution is -0.385. The molecule has 0 aliphatic carbocycles. The number of carbonyl (C=O) groups is 2. The van der Waals surface area contributed by atoms with Crippen LogP contribution in [-0.4, -0.2) is 32.7 Å². The summed E-state index contributed by atoms with van der Waals surface area (Å²) in [5.41, 5.74) is -0.710. The molecule has 0 bridgehead atoms. The summed E-state index contributed by atoms with van der Waals surface area (Å²) in [6, 6.07) is 10.1. The molecule has 0 spiro atoms. The van der Waals surface area contributed by atoms with Gasteiger partial charge in [-0.15, -0.1) is 10.2 Å². The Kier molecular flexibility index (Phi) is 7.58. The van der Waals surface area contributed by atoms with Crippen LogP contribution < -0.4 is 15.4 Å². The van der Waals surface area contributed by atoms with E-state index in [1.165, 1.54) is 23.5 Å². The van der Waals surface area contributed by atoms with Gasteiger partial charge >= 0.3 is 11.8 Å². The van der Waals surface area contributed by atoms with Gasteiger partial charge < -0.3 is 9.47 Å². The Morgan fingerprint density at radius 1 is 0.972 bits per heavy atom. The summed E-state index contributed by atoms with van der Waals surface area (Å²) in [7, 11) is 0. The average molecular weight is 514 g/mol. The predicted molar refractivity (Wildman–Crippen MR) is 136 cm³/mol. The van der Waals surface area contributed by atoms with E-state index in [4.69, 9.17) is 9.47 Å². The van der Waals surface area contributed by atoms with E-state index < -0.39 is 22.5 Å². The number of hydrogen-bond donors (Lipinski definition) is 2. The van der Waals surface area contributed by atoms with Crippen molar-refractivity contribution in [2.75, 3.05) is 10.6 Å². The summed E-state index contributed by atoms with van der Waals surface area (Å²) < 4.78 is 10.9. The van der Waals surface area contributed by atoms with Crippen molar-refractivity contribution in [2.45, 2.75) is 52.6 Å². The molecule has 3 aromatic rings. The maximum atomic E-state index is 12.6. The van der Waals surface area contributed by atoms with Gasteiger partial charge in [0.25, 0.3) is 5.91 Å². The van der Waals surface area contributed by atoms with Crippen LogP contribution in [0.5, 0.6) is 11.5 Å². The zero-order chi connectivity index (χ0) is 26.7. The number of nitrogens with one attached hydrogen (secondary N) is 2. The summed E-state index contributed by atoms with van der Waals surface area (Å²) >= 11 is 1.24. The topological polar surface area (TPSA) is 146 Å². The van der Waals surface area contributed by atoms with Gasteiger partial charge in [0.1, 0.15) is 16.4 Å². The Bertz CT molecular complexity index is 1280. The Morgan fingerprint density at radius 2 is 1.64 bits per heavy atom. The largest absolute Gasteiger partial charge is 0.450 e. The van der Waals surface area contributed by atoms with Crippen molar-refractivity contribution in [1.82, 2.24) is 10.2 Å². The summed E-state index contributed by atoms with van der Waals surface area (Å²) in [6.45, 7) is 11.2. The Balaban J connectivity index is 1.72. The molecule has 2 amide bonds. The number of amides is 2. The van der Waals surface area contributed by atoms with Gasteiger partial charge in [0.2, 0.25) is 10.9 Å². The van der Waals surface area contributed by atoms with Crippen molar-refractivity contribution in [3.8, 4) is 11.5 Å². The van der Waals surface area contributed by atoms with E-state index in [9.17, 15) is 19.7 Å². The molecule has 0 saturated carbocycles. The van der Waals surface area contributed by atoms with Crippen LogP contribution in [0.25, 0.3) is 0 Å². The lowest BCUT2D eigenvalue weighted by Crippen LogP contribution is -2.27. The molecule has 1 heterocycles. The number of nitrogens with zero attached hydrogens (tertiary/aromatic N) is 3. The third-order valence-corrected chi connectivity index (χ3v) is 5.70. The zero-order valence-corrected chi connectivity index (χ0v) is 21.6. The molecule has 12 heteroatoms. The van der Waals surface area contributed by atoms with E-state index in [-0.39, 0.29) is 22.4 Å². The average Bonchev–Trinajstić information content (AvgIpc) is 3.23. The molecule has 0 aliphatic rings. The van der Waals surface area contributed by atoms with E-state index in [1.807, 2.05) is 20.8 Å². The molecular formula is C24H27N5O6S. The first-order chi connectivity index (χ1) is 16.7. The third-order valence-electron chi connectivity index (χ3n) is 4.43. The van der Waals surface area contributed by atoms with Crippen LogP contribution in [0.3, 0.4) is 0 Å². The quantitative estimate of drug-likeness (QED) is 0.295. The number of nitro groups is 1. The van der Waals surface area contributed by atoms with Gasteiger partial charge in [-0.2, -0.15) is 0 Å². The van der Waals surface area contributed by atoms with Crippen LogP contribution in [0.15, 0.2) is 42.5 Å². The molecule has 190 valence electrons. The molecule has 0 atom stereocenters. The standard InChI is InChI=1S/C24H27N5O6S/c1-23(2,3)20-27-28-21(36-20)26-19(30)14-7-12-18(17(13-14)29(32)33)34-16-10-8-15(9-11-16)25-22(31)35-24(4,5)6/h7-13H,1-6H3,(H,25,31)(H,26,28,30). The molecule has 0 aliphatic heterocycles. The van der Waals surface area contributed by atoms with E-state index in [0.29, 0.717) is 16.6 Å². The summed E-state index contributed by atoms with van der Waals surface area (Å²) in [4.78, 5) is 35.6. The lowest BCUT2D eigenvalue weighted by atomic mass is 9.98. The van der Waals surface area contributed by atoms with Gasteiger partial charge in [-0.05, 0) is 57.2 Å². The molecule has 2 N–H and O–H groups in total. The van der Waals surface area contributed by atoms with Crippen molar-refractivity contribution in [2.24, 2.45) is 0 Å². The minimum Gasteiger partial charge on any atom is -0.450 e. The lowest BCUT2D eigenvalue weighted by Gasteiger charge is -2.19. The number of hydrogen-bond acceptors (Lipinski definition) is 9. The van der Waals surface area contributed by atoms with E-state index in [2.05, 4.69) is 20.8 Å². The number of benzene rings is 2. The molecular weight excluding hydrogens is 486 g/mol. The second-order valence-corrected chi connectivity index (χ2v) is 10.8. The molecule has 0 saturated heterocycles. The fraction of sp³-hybridized carbons (Fsp3) is 0.333. The maximum Gasteiger partial charge on any atom is 0.412 e. The molecule has 2 aromatic carbocycles. The van der Waals surface area contributed by atoms with Crippen LogP contribution in [0.2, 0.25) is 0 Å². The van der Waals surface area contributed by atoms with Gasteiger partial charge in [0.05, 0.1) is 4.92 Å². The number of carbonyl (C=O) groups excluding carboxylic acids is 2. The van der Waals surface area contributed by atoms with E-state index in [1.54, 1.807) is 45.0 Å². The Morgan fingerprint density at radius 3 is 2.19 bits per heavy atom. The molecule has 36 heavy (non-hydrogen) atoms. The number of rotatable bonds is 6. The molecule has 0 fully saturated rings. The fourth-order valence-electron chi connectivity index (χ4n) is 2.79. The highest BCUT2D eigenvalue weighted by Gasteiger charge is 2.23. The van der Waals surface area contributed by atoms with Crippen LogP contribution in [0.4, 0.5) is 21.3 Å². The highest BCUT2D eigenvalue weighted by molar-refractivity contribution is 7.15. The highest BCUT2D eigenvalue weighted by atomic mass is 32.1. The van der Waals surface area contributed by atoms with Gasteiger partial charge in [-0.3, -0.25) is 25.5 Å². The first kappa shape index (κ1) is 26.5. The Hall–Kier alpha value is -4.06. The normalized spacial score (nSPS) is 11.5. The van der Waals surface area contributed by atoms with E-state index >= 15 is 0 Å². The maximum absolute atomic E-state index is 12.6. The second-order valence-electron chi connectivity index (χ2n) is 9.81. The van der Waals surface area contributed by atoms with Crippen LogP contribution in [0.1, 0.15) is 56.9 Å². The van der Waals surface area contributed by atoms with Crippen molar-refractivity contribution in [3.63, 3.8) is 0 Å². The van der Waals surface area contributed by atoms with Crippen molar-refractivity contribution >= 4 is 39.8 Å². The number of anilines is 2. The first-order valence-electron chi connectivity index (χ1n) is 10.9. The highest BCUT2D eigenvalue weighted by Crippen LogP contribution is 2.33. The van der Waals surface area contributed by atoms with Crippen LogP contribution in [-0.2, 0) is 10.2 Å². The first-order valence-corrected chi connectivity index (χ1v) is 11.7. The molecule has 1 aromatic heterocycles. The SMILES string of the molecule is CC(C)(C)OC(=O)Nc1ccc(Oc2ccc(C(=O)Nc3nnc(C(C)(C)C)s3)cc2[N+](=O)[O-])cc1. The van der Waals surface area contributed by atoms with Gasteiger partial charge in [-0.1, -0.05) is 32.1 Å². The smallest absolute Gasteiger partial charge is 0.412 e. The predicted octanol–water partition coefficient (Wildman–Crippen LogP) is 6.14. The third kappa shape index (κ3) is 7.22. The molecule has 3 rings (SSSR count). The Labute approximate surface area is 212 Å². The molecule has 0 radical (unpaired) electrons. The van der Waals surface area contributed by atoms with Crippen molar-refractivity contribution in [3.05, 3.63) is 63.1 Å². The monoisotopic (exact) mass is 513 g/mol. The van der Waals surface area contributed by atoms with Crippen LogP contribution in [0, 0.1) is 10.1 Å². The van der Waals surface area contributed by atoms with Gasteiger partial charge in [-0.25, -0.2) is 4.79 Å². The second kappa shape index (κ2) is 10.3. The van der Waals surface area contributed by atoms with Crippen LogP contribution >= 0.6 is 11.3 Å². The number of ether oxygens (including phenoxy) is 2. The summed E-state index contributed by atoms with van der Waals surface area (Å²) in [5.74, 6) is -0.303. The minimum atomic E-state index is -0.637. The number of aromatic nitrogens is 2. The van der Waals surface area contributed by atoms with Gasteiger partial charge in [0.15, 0.2) is 0 Å². The minimum absolute atomic E-state index is 0.0460. The number of nitro benzene ring substituents is 1. The molecule has 0 unspecified atom stereocenters. The van der Waals surface area contributed by atoms with Crippen molar-refractivity contribution < 1.29 is 24.0 Å². The van der Waals surface area contributed by atoms with Crippen molar-refractivity contribution in [1.29, 1.82) is 0 Å². The van der Waals surface area contributed by atoms with E-state index in [0.717, 1.165) is 11.1 Å². The molecule has 11 nitrogen and oxygen atoms in total.